The second kappa shape index (κ2) is 13.2. The van der Waals surface area contributed by atoms with Crippen LogP contribution in [0.2, 0.25) is 0 Å². The van der Waals surface area contributed by atoms with Crippen molar-refractivity contribution in [2.24, 2.45) is 0 Å². The molecule has 0 aromatic heterocycles. The first kappa shape index (κ1) is 30.6. The summed E-state index contributed by atoms with van der Waals surface area (Å²) in [6.45, 7) is 3.47. The molecule has 2 aliphatic rings. The molecule has 5 atom stereocenters. The number of fused-ring (bicyclic) bond motifs is 1. The second-order valence-corrected chi connectivity index (χ2v) is 13.1. The van der Waals surface area contributed by atoms with Gasteiger partial charge < -0.3 is 30.5 Å². The van der Waals surface area contributed by atoms with Crippen LogP contribution in [0.25, 0.3) is 0 Å². The number of aliphatic hydroxyl groups excluding tert-OH is 2. The summed E-state index contributed by atoms with van der Waals surface area (Å²) in [5.74, 6) is -0.842. The van der Waals surface area contributed by atoms with Crippen molar-refractivity contribution in [1.82, 2.24) is 15.5 Å². The number of nitrogens with zero attached hydrogens (tertiary/aromatic N) is 1. The Labute approximate surface area is 255 Å². The van der Waals surface area contributed by atoms with Crippen LogP contribution in [0.1, 0.15) is 36.6 Å². The average molecular weight is 604 g/mol. The number of hydrogen-bond acceptors (Lipinski definition) is 7. The van der Waals surface area contributed by atoms with E-state index in [0.717, 1.165) is 16.7 Å². The van der Waals surface area contributed by atoms with E-state index in [2.05, 4.69) is 10.6 Å². The summed E-state index contributed by atoms with van der Waals surface area (Å²) in [6, 6.07) is 23.2. The lowest BCUT2D eigenvalue weighted by Crippen LogP contribution is -2.59. The molecule has 226 valence electrons. The van der Waals surface area contributed by atoms with Crippen LogP contribution in [0, 0.1) is 0 Å². The summed E-state index contributed by atoms with van der Waals surface area (Å²) >= 11 is 1.43. The molecule has 43 heavy (non-hydrogen) atoms. The monoisotopic (exact) mass is 603 g/mol. The molecule has 1 heterocycles. The maximum atomic E-state index is 13.9. The minimum Gasteiger partial charge on any atom is -0.484 e. The van der Waals surface area contributed by atoms with E-state index < -0.39 is 52.8 Å². The van der Waals surface area contributed by atoms with Crippen molar-refractivity contribution in [2.75, 3.05) is 12.5 Å². The summed E-state index contributed by atoms with van der Waals surface area (Å²) in [7, 11) is 0. The third kappa shape index (κ3) is 7.04. The maximum Gasteiger partial charge on any atom is 0.258 e. The Morgan fingerprint density at radius 3 is 2.37 bits per heavy atom. The summed E-state index contributed by atoms with van der Waals surface area (Å²) in [6.07, 6.45) is -1.78. The van der Waals surface area contributed by atoms with Gasteiger partial charge in [-0.25, -0.2) is 0 Å². The van der Waals surface area contributed by atoms with E-state index >= 15 is 0 Å². The van der Waals surface area contributed by atoms with Crippen molar-refractivity contribution in [3.63, 3.8) is 0 Å². The van der Waals surface area contributed by atoms with Gasteiger partial charge in [0.1, 0.15) is 11.8 Å². The first-order valence-electron chi connectivity index (χ1n) is 14.3. The van der Waals surface area contributed by atoms with E-state index in [1.165, 1.54) is 16.7 Å². The molecular weight excluding hydrogens is 566 g/mol. The quantitative estimate of drug-likeness (QED) is 0.281. The number of aliphatic hydroxyl groups is 2. The molecule has 0 bridgehead atoms. The zero-order chi connectivity index (χ0) is 30.6. The van der Waals surface area contributed by atoms with E-state index in [1.807, 2.05) is 74.5 Å². The topological polar surface area (TPSA) is 128 Å². The largest absolute Gasteiger partial charge is 0.484 e. The van der Waals surface area contributed by atoms with E-state index in [-0.39, 0.29) is 18.9 Å². The fourth-order valence-electron chi connectivity index (χ4n) is 5.76. The Hall–Kier alpha value is -3.86. The molecule has 1 saturated heterocycles. The molecule has 1 aliphatic carbocycles. The number of thioether (sulfide) groups is 1. The highest BCUT2D eigenvalue weighted by Crippen LogP contribution is 2.41. The Morgan fingerprint density at radius 2 is 1.65 bits per heavy atom. The lowest BCUT2D eigenvalue weighted by molar-refractivity contribution is -0.148. The van der Waals surface area contributed by atoms with E-state index in [4.69, 9.17) is 4.74 Å². The fourth-order valence-corrected chi connectivity index (χ4v) is 6.90. The first-order valence-corrected chi connectivity index (χ1v) is 15.3. The molecule has 0 spiro atoms. The highest BCUT2D eigenvalue weighted by atomic mass is 32.2. The van der Waals surface area contributed by atoms with Crippen LogP contribution in [0.5, 0.6) is 5.75 Å². The van der Waals surface area contributed by atoms with Crippen LogP contribution in [0.3, 0.4) is 0 Å². The van der Waals surface area contributed by atoms with Crippen molar-refractivity contribution >= 4 is 29.5 Å². The SMILES string of the molecule is CC1(C)SCN(C(=O)[C@@H](O)[C@H](Cc2ccccc2)NC(=O)COc2ccccc2)C1C(=O)N[C@H]1c2ccccc2C[C@H]1O. The third-order valence-corrected chi connectivity index (χ3v) is 9.35. The van der Waals surface area contributed by atoms with Crippen molar-refractivity contribution in [1.29, 1.82) is 0 Å². The number of amides is 3. The predicted molar refractivity (Wildman–Crippen MR) is 164 cm³/mol. The highest BCUT2D eigenvalue weighted by molar-refractivity contribution is 8.00. The second-order valence-electron chi connectivity index (χ2n) is 11.5. The fraction of sp³-hybridized carbons (Fsp3) is 0.364. The molecule has 1 fully saturated rings. The Balaban J connectivity index is 1.32. The molecule has 4 N–H and O–H groups in total. The summed E-state index contributed by atoms with van der Waals surface area (Å²) in [5, 5.41) is 27.9. The molecule has 10 heteroatoms. The number of ether oxygens (including phenoxy) is 1. The predicted octanol–water partition coefficient (Wildman–Crippen LogP) is 2.61. The van der Waals surface area contributed by atoms with Crippen LogP contribution in [-0.2, 0) is 27.2 Å². The van der Waals surface area contributed by atoms with Gasteiger partial charge in [0, 0.05) is 11.2 Å². The van der Waals surface area contributed by atoms with Crippen LogP contribution < -0.4 is 15.4 Å². The molecule has 5 rings (SSSR count). The zero-order valence-corrected chi connectivity index (χ0v) is 25.0. The zero-order valence-electron chi connectivity index (χ0n) is 24.2. The molecule has 3 aromatic carbocycles. The van der Waals surface area contributed by atoms with Gasteiger partial charge in [-0.1, -0.05) is 72.8 Å². The lowest BCUT2D eigenvalue weighted by atomic mass is 9.96. The van der Waals surface area contributed by atoms with Gasteiger partial charge in [-0.3, -0.25) is 14.4 Å². The molecule has 3 amide bonds. The number of carbonyl (C=O) groups is 3. The van der Waals surface area contributed by atoms with Gasteiger partial charge >= 0.3 is 0 Å². The van der Waals surface area contributed by atoms with Gasteiger partial charge in [0.25, 0.3) is 11.8 Å². The molecule has 3 aromatic rings. The lowest BCUT2D eigenvalue weighted by Gasteiger charge is -2.34. The Kier molecular flexibility index (Phi) is 9.39. The molecule has 1 unspecified atom stereocenters. The molecule has 9 nitrogen and oxygen atoms in total. The van der Waals surface area contributed by atoms with Crippen molar-refractivity contribution in [2.45, 2.75) is 61.8 Å². The van der Waals surface area contributed by atoms with Crippen LogP contribution in [0.4, 0.5) is 0 Å². The standard InChI is InChI=1S/C33H37N3O6S/c1-33(2)30(31(40)35-28-24-16-10-9-13-22(24)18-26(28)37)36(20-43-33)32(41)29(39)25(17-21-11-5-3-6-12-21)34-27(38)19-42-23-14-7-4-8-15-23/h3-16,25-26,28-30,37,39H,17-20H2,1-2H3,(H,34,38)(H,35,40)/t25-,26+,28-,29-,30?/m0/s1. The van der Waals surface area contributed by atoms with Crippen molar-refractivity contribution < 1.29 is 29.3 Å². The van der Waals surface area contributed by atoms with Gasteiger partial charge in [-0.2, -0.15) is 0 Å². The molecular formula is C33H37N3O6S. The average Bonchev–Trinajstić information content (AvgIpc) is 3.50. The normalized spacial score (nSPS) is 21.9. The van der Waals surface area contributed by atoms with Crippen LogP contribution in [-0.4, -0.2) is 74.4 Å². The third-order valence-electron chi connectivity index (χ3n) is 7.97. The number of carbonyl (C=O) groups excluding carboxylic acids is 3. The van der Waals surface area contributed by atoms with Crippen molar-refractivity contribution in [3.05, 3.63) is 102 Å². The number of para-hydroxylation sites is 1. The van der Waals surface area contributed by atoms with Gasteiger partial charge in [0.05, 0.1) is 24.1 Å². The van der Waals surface area contributed by atoms with Gasteiger partial charge in [0.2, 0.25) is 5.91 Å². The van der Waals surface area contributed by atoms with Crippen LogP contribution in [0.15, 0.2) is 84.9 Å². The summed E-state index contributed by atoms with van der Waals surface area (Å²) in [5.41, 5.74) is 2.65. The number of rotatable bonds is 10. The molecule has 1 aliphatic heterocycles. The maximum absolute atomic E-state index is 13.9. The molecule has 0 radical (unpaired) electrons. The van der Waals surface area contributed by atoms with Crippen LogP contribution >= 0.6 is 11.8 Å². The van der Waals surface area contributed by atoms with E-state index in [9.17, 15) is 24.6 Å². The van der Waals surface area contributed by atoms with Gasteiger partial charge in [0.15, 0.2) is 12.7 Å². The highest BCUT2D eigenvalue weighted by Gasteiger charge is 2.50. The minimum atomic E-state index is -1.62. The van der Waals surface area contributed by atoms with E-state index in [0.29, 0.717) is 12.2 Å². The first-order chi connectivity index (χ1) is 20.6. The Bertz CT molecular complexity index is 1440. The smallest absolute Gasteiger partial charge is 0.258 e. The summed E-state index contributed by atoms with van der Waals surface area (Å²) < 4.78 is 4.90. The molecule has 0 saturated carbocycles. The van der Waals surface area contributed by atoms with Crippen molar-refractivity contribution in [3.8, 4) is 5.75 Å². The number of benzene rings is 3. The summed E-state index contributed by atoms with van der Waals surface area (Å²) in [4.78, 5) is 41.9. The van der Waals surface area contributed by atoms with Gasteiger partial charge in [-0.15, -0.1) is 11.8 Å². The van der Waals surface area contributed by atoms with E-state index in [1.54, 1.807) is 24.3 Å². The minimum absolute atomic E-state index is 0.188. The Morgan fingerprint density at radius 1 is 1.00 bits per heavy atom. The number of hydrogen-bond donors (Lipinski definition) is 4. The van der Waals surface area contributed by atoms with Gasteiger partial charge in [-0.05, 0) is 49.1 Å². The number of nitrogens with one attached hydrogen (secondary N) is 2.